The van der Waals surface area contributed by atoms with Crippen LogP contribution in [-0.4, -0.2) is 70.9 Å². The molecule has 0 radical (unpaired) electrons. The van der Waals surface area contributed by atoms with Gasteiger partial charge in [0.05, 0.1) is 11.2 Å². The minimum absolute atomic E-state index is 0.00199. The molecule has 3 aromatic carbocycles. The maximum absolute atomic E-state index is 12.8. The van der Waals surface area contributed by atoms with Gasteiger partial charge in [0.1, 0.15) is 5.82 Å². The molecule has 4 aromatic rings. The number of para-hydroxylation sites is 2. The normalized spacial score (nSPS) is 11.2. The summed E-state index contributed by atoms with van der Waals surface area (Å²) in [6.07, 6.45) is 0.864. The van der Waals surface area contributed by atoms with Crippen LogP contribution in [0.1, 0.15) is 40.5 Å². The van der Waals surface area contributed by atoms with Crippen molar-refractivity contribution in [2.75, 3.05) is 55.2 Å². The average molecular weight is 582 g/mol. The van der Waals surface area contributed by atoms with Crippen LogP contribution in [0.2, 0.25) is 0 Å². The molecule has 226 valence electrons. The van der Waals surface area contributed by atoms with Crippen LogP contribution in [-0.2, 0) is 9.59 Å². The summed E-state index contributed by atoms with van der Waals surface area (Å²) in [5.41, 5.74) is 3.78. The number of carbonyl (C=O) groups is 2. The maximum Gasteiger partial charge on any atom is 0.225 e. The van der Waals surface area contributed by atoms with Crippen molar-refractivity contribution in [1.82, 2.24) is 19.8 Å². The highest BCUT2D eigenvalue weighted by Gasteiger charge is 2.15. The molecule has 0 aliphatic carbocycles. The summed E-state index contributed by atoms with van der Waals surface area (Å²) in [5.74, 6) is 1.12. The SMILES string of the molecule is CCN(CC)CCC(=O)Nc1ccc(Nc2nc(-c3ccccc3NC(=O)CCN(CC)CC)nc3ccccc23)cc1. The largest absolute Gasteiger partial charge is 0.340 e. The van der Waals surface area contributed by atoms with Crippen molar-refractivity contribution < 1.29 is 9.59 Å². The van der Waals surface area contributed by atoms with Gasteiger partial charge in [-0.15, -0.1) is 0 Å². The van der Waals surface area contributed by atoms with Crippen molar-refractivity contribution in [3.8, 4) is 11.4 Å². The standard InChI is InChI=1S/C34H43N7O2/c1-5-40(6-2)23-21-31(42)35-25-17-19-26(20-18-25)36-33-28-14-10-12-16-30(28)38-34(39-33)27-13-9-11-15-29(27)37-32(43)22-24-41(7-3)8-4/h9-20H,5-8,21-24H2,1-4H3,(H,35,42)(H,37,43)(H,36,38,39). The third kappa shape index (κ3) is 8.83. The molecule has 1 heterocycles. The minimum atomic E-state index is -0.0429. The Morgan fingerprint density at radius 3 is 1.86 bits per heavy atom. The molecule has 0 saturated heterocycles. The van der Waals surface area contributed by atoms with E-state index in [1.165, 1.54) is 0 Å². The zero-order valence-corrected chi connectivity index (χ0v) is 25.7. The van der Waals surface area contributed by atoms with Gasteiger partial charge >= 0.3 is 0 Å². The van der Waals surface area contributed by atoms with Gasteiger partial charge in [-0.25, -0.2) is 9.97 Å². The first-order valence-corrected chi connectivity index (χ1v) is 15.2. The van der Waals surface area contributed by atoms with Crippen LogP contribution in [0.3, 0.4) is 0 Å². The maximum atomic E-state index is 12.8. The smallest absolute Gasteiger partial charge is 0.225 e. The van der Waals surface area contributed by atoms with Crippen molar-refractivity contribution in [2.45, 2.75) is 40.5 Å². The number of amides is 2. The second-order valence-corrected chi connectivity index (χ2v) is 10.3. The molecule has 0 aliphatic heterocycles. The van der Waals surface area contributed by atoms with E-state index < -0.39 is 0 Å². The molecule has 0 atom stereocenters. The van der Waals surface area contributed by atoms with Crippen LogP contribution >= 0.6 is 0 Å². The van der Waals surface area contributed by atoms with Gasteiger partial charge < -0.3 is 25.8 Å². The molecule has 1 aromatic heterocycles. The molecule has 0 bridgehead atoms. The highest BCUT2D eigenvalue weighted by Crippen LogP contribution is 2.31. The fourth-order valence-corrected chi connectivity index (χ4v) is 4.89. The second kappa shape index (κ2) is 15.8. The number of nitrogens with one attached hydrogen (secondary N) is 3. The van der Waals surface area contributed by atoms with E-state index in [1.807, 2.05) is 72.8 Å². The minimum Gasteiger partial charge on any atom is -0.340 e. The average Bonchev–Trinajstić information content (AvgIpc) is 3.03. The van der Waals surface area contributed by atoms with Gasteiger partial charge in [-0.3, -0.25) is 9.59 Å². The lowest BCUT2D eigenvalue weighted by Crippen LogP contribution is -2.27. The summed E-state index contributed by atoms with van der Waals surface area (Å²) < 4.78 is 0. The van der Waals surface area contributed by atoms with E-state index in [2.05, 4.69) is 53.4 Å². The topological polar surface area (TPSA) is 102 Å². The molecule has 0 saturated carbocycles. The number of aromatic nitrogens is 2. The third-order valence-electron chi connectivity index (χ3n) is 7.58. The van der Waals surface area contributed by atoms with Gasteiger partial charge in [0, 0.05) is 48.3 Å². The van der Waals surface area contributed by atoms with Gasteiger partial charge in [-0.1, -0.05) is 52.0 Å². The Morgan fingerprint density at radius 2 is 1.21 bits per heavy atom. The van der Waals surface area contributed by atoms with Crippen LogP contribution in [0.4, 0.5) is 22.9 Å². The summed E-state index contributed by atoms with van der Waals surface area (Å²) in [6.45, 7) is 13.5. The first kappa shape index (κ1) is 31.6. The summed E-state index contributed by atoms with van der Waals surface area (Å²) in [5, 5.41) is 10.4. The zero-order chi connectivity index (χ0) is 30.6. The molecular formula is C34H43N7O2. The molecule has 2 amide bonds. The Bertz CT molecular complexity index is 1500. The highest BCUT2D eigenvalue weighted by molar-refractivity contribution is 5.97. The van der Waals surface area contributed by atoms with Gasteiger partial charge in [0.2, 0.25) is 11.8 Å². The number of benzene rings is 3. The van der Waals surface area contributed by atoms with Crippen molar-refractivity contribution in [2.24, 2.45) is 0 Å². The van der Waals surface area contributed by atoms with E-state index in [-0.39, 0.29) is 11.8 Å². The van der Waals surface area contributed by atoms with Gasteiger partial charge in [0.25, 0.3) is 0 Å². The zero-order valence-electron chi connectivity index (χ0n) is 25.7. The fourth-order valence-electron chi connectivity index (χ4n) is 4.89. The van der Waals surface area contributed by atoms with E-state index in [4.69, 9.17) is 9.97 Å². The number of anilines is 4. The van der Waals surface area contributed by atoms with E-state index in [1.54, 1.807) is 0 Å². The molecule has 4 rings (SSSR count). The Balaban J connectivity index is 1.52. The van der Waals surface area contributed by atoms with Crippen LogP contribution < -0.4 is 16.0 Å². The van der Waals surface area contributed by atoms with Crippen molar-refractivity contribution >= 4 is 45.6 Å². The lowest BCUT2D eigenvalue weighted by Gasteiger charge is -2.18. The van der Waals surface area contributed by atoms with Gasteiger partial charge in [-0.05, 0) is 74.7 Å². The molecule has 0 fully saturated rings. The number of hydrogen-bond acceptors (Lipinski definition) is 7. The van der Waals surface area contributed by atoms with Gasteiger partial charge in [-0.2, -0.15) is 0 Å². The fraction of sp³-hybridized carbons (Fsp3) is 0.353. The molecule has 0 spiro atoms. The van der Waals surface area contributed by atoms with Gasteiger partial charge in [0.15, 0.2) is 5.82 Å². The molecule has 3 N–H and O–H groups in total. The summed E-state index contributed by atoms with van der Waals surface area (Å²) in [7, 11) is 0. The first-order chi connectivity index (χ1) is 20.9. The lowest BCUT2D eigenvalue weighted by atomic mass is 10.1. The Morgan fingerprint density at radius 1 is 0.651 bits per heavy atom. The Labute approximate surface area is 254 Å². The first-order valence-electron chi connectivity index (χ1n) is 15.2. The Hall–Kier alpha value is -4.34. The summed E-state index contributed by atoms with van der Waals surface area (Å²) >= 11 is 0. The predicted molar refractivity (Wildman–Crippen MR) is 177 cm³/mol. The Kier molecular flexibility index (Phi) is 11.6. The molecular weight excluding hydrogens is 538 g/mol. The molecule has 9 heteroatoms. The second-order valence-electron chi connectivity index (χ2n) is 10.3. The van der Waals surface area contributed by atoms with E-state index in [9.17, 15) is 9.59 Å². The van der Waals surface area contributed by atoms with Crippen LogP contribution in [0.25, 0.3) is 22.3 Å². The number of nitrogens with zero attached hydrogens (tertiary/aromatic N) is 4. The quantitative estimate of drug-likeness (QED) is 0.150. The molecule has 0 unspecified atom stereocenters. The van der Waals surface area contributed by atoms with Crippen LogP contribution in [0, 0.1) is 0 Å². The molecule has 43 heavy (non-hydrogen) atoms. The predicted octanol–water partition coefficient (Wildman–Crippen LogP) is 6.38. The summed E-state index contributed by atoms with van der Waals surface area (Å²) in [4.78, 5) is 39.5. The van der Waals surface area contributed by atoms with Crippen molar-refractivity contribution in [3.05, 3.63) is 72.8 Å². The highest BCUT2D eigenvalue weighted by atomic mass is 16.2. The van der Waals surface area contributed by atoms with E-state index in [0.717, 1.165) is 60.6 Å². The summed E-state index contributed by atoms with van der Waals surface area (Å²) in [6, 6.07) is 23.0. The third-order valence-corrected chi connectivity index (χ3v) is 7.58. The lowest BCUT2D eigenvalue weighted by molar-refractivity contribution is -0.117. The number of hydrogen-bond donors (Lipinski definition) is 3. The van der Waals surface area contributed by atoms with Crippen molar-refractivity contribution in [1.29, 1.82) is 0 Å². The van der Waals surface area contributed by atoms with Crippen LogP contribution in [0.5, 0.6) is 0 Å². The molecule has 0 aliphatic rings. The number of carbonyl (C=O) groups excluding carboxylic acids is 2. The monoisotopic (exact) mass is 581 g/mol. The number of rotatable bonds is 15. The van der Waals surface area contributed by atoms with Crippen LogP contribution in [0.15, 0.2) is 72.8 Å². The van der Waals surface area contributed by atoms with Crippen molar-refractivity contribution in [3.63, 3.8) is 0 Å². The number of fused-ring (bicyclic) bond motifs is 1. The molecule has 9 nitrogen and oxygen atoms in total. The van der Waals surface area contributed by atoms with E-state index in [0.29, 0.717) is 36.7 Å². The van der Waals surface area contributed by atoms with E-state index >= 15 is 0 Å².